The highest BCUT2D eigenvalue weighted by atomic mass is 16.6. The molecule has 0 saturated heterocycles. The molecule has 8 nitrogen and oxygen atoms in total. The molecule has 1 amide bonds. The molecule has 0 heterocycles. The van der Waals surface area contributed by atoms with E-state index in [1.807, 2.05) is 29.2 Å². The van der Waals surface area contributed by atoms with Crippen molar-refractivity contribution < 1.29 is 19.2 Å². The van der Waals surface area contributed by atoms with Gasteiger partial charge in [0.05, 0.1) is 24.6 Å². The van der Waals surface area contributed by atoms with Crippen LogP contribution in [0.1, 0.15) is 5.56 Å². The number of nitro benzene ring substituents is 1. The normalized spacial score (nSPS) is 10.4. The first-order chi connectivity index (χ1) is 13.4. The van der Waals surface area contributed by atoms with Crippen LogP contribution in [-0.2, 0) is 11.3 Å². The number of likely N-dealkylation sites (N-methyl/N-ethyl adjacent to an activating group) is 1. The first-order valence-corrected chi connectivity index (χ1v) is 8.56. The fourth-order valence-electron chi connectivity index (χ4n) is 2.54. The number of nitrogens with one attached hydrogen (secondary N) is 1. The van der Waals surface area contributed by atoms with Crippen molar-refractivity contribution in [1.29, 1.82) is 0 Å². The number of benzene rings is 2. The van der Waals surface area contributed by atoms with Gasteiger partial charge in [0.15, 0.2) is 0 Å². The molecule has 1 N–H and O–H groups in total. The van der Waals surface area contributed by atoms with E-state index in [0.717, 1.165) is 11.3 Å². The summed E-state index contributed by atoms with van der Waals surface area (Å²) in [6, 6.07) is 11.8. The molecule has 0 aliphatic heterocycles. The van der Waals surface area contributed by atoms with E-state index >= 15 is 0 Å². The largest absolute Gasteiger partial charge is 0.496 e. The summed E-state index contributed by atoms with van der Waals surface area (Å²) >= 11 is 0. The number of carbonyl (C=O) groups excluding carboxylic acids is 1. The van der Waals surface area contributed by atoms with E-state index in [-0.39, 0.29) is 23.8 Å². The number of methoxy groups -OCH3 is 1. The minimum atomic E-state index is -0.558. The molecule has 0 fully saturated rings. The van der Waals surface area contributed by atoms with Gasteiger partial charge in [-0.25, -0.2) is 0 Å². The maximum Gasteiger partial charge on any atom is 0.296 e. The molecule has 0 aliphatic rings. The number of hydrogen-bond donors (Lipinski definition) is 1. The molecule has 0 spiro atoms. The van der Waals surface area contributed by atoms with Gasteiger partial charge in [0.1, 0.15) is 23.8 Å². The van der Waals surface area contributed by atoms with Gasteiger partial charge < -0.3 is 14.8 Å². The van der Waals surface area contributed by atoms with Crippen molar-refractivity contribution in [3.63, 3.8) is 0 Å². The molecule has 28 heavy (non-hydrogen) atoms. The molecular formula is C20H23N3O5. The molecule has 0 unspecified atom stereocenters. The van der Waals surface area contributed by atoms with Crippen LogP contribution < -0.4 is 14.8 Å². The van der Waals surface area contributed by atoms with Crippen molar-refractivity contribution in [3.05, 3.63) is 70.8 Å². The Morgan fingerprint density at radius 3 is 2.54 bits per heavy atom. The van der Waals surface area contributed by atoms with Crippen LogP contribution in [0.4, 0.5) is 11.4 Å². The van der Waals surface area contributed by atoms with Crippen LogP contribution in [0, 0.1) is 10.1 Å². The quantitative estimate of drug-likeness (QED) is 0.383. The average molecular weight is 385 g/mol. The molecule has 0 saturated carbocycles. The second-order valence-electron chi connectivity index (χ2n) is 6.10. The van der Waals surface area contributed by atoms with Crippen molar-refractivity contribution >= 4 is 17.3 Å². The Kier molecular flexibility index (Phi) is 7.53. The summed E-state index contributed by atoms with van der Waals surface area (Å²) < 4.78 is 10.4. The molecule has 0 radical (unpaired) electrons. The van der Waals surface area contributed by atoms with Gasteiger partial charge in [-0.2, -0.15) is 0 Å². The highest BCUT2D eigenvalue weighted by Gasteiger charge is 2.18. The van der Waals surface area contributed by atoms with Gasteiger partial charge in [-0.05, 0) is 36.9 Å². The lowest BCUT2D eigenvalue weighted by atomic mass is 10.2. The lowest BCUT2D eigenvalue weighted by Crippen LogP contribution is -2.30. The molecule has 0 aliphatic carbocycles. The number of nitrogens with zero attached hydrogens (tertiary/aromatic N) is 2. The zero-order valence-corrected chi connectivity index (χ0v) is 15.9. The van der Waals surface area contributed by atoms with Crippen LogP contribution in [0.25, 0.3) is 0 Å². The standard InChI is InChI=1S/C20H23N3O5/c1-4-11-28-16-7-5-15(6-8-16)13-22(2)14-20(24)21-18-10-9-17(27-3)12-19(18)23(25)26/h4-10,12H,1,11,13-14H2,2-3H3,(H,21,24). The van der Waals surface area contributed by atoms with E-state index in [4.69, 9.17) is 9.47 Å². The number of rotatable bonds is 10. The number of anilines is 1. The first-order valence-electron chi connectivity index (χ1n) is 8.56. The van der Waals surface area contributed by atoms with Gasteiger partial charge in [-0.15, -0.1) is 0 Å². The molecular weight excluding hydrogens is 362 g/mol. The van der Waals surface area contributed by atoms with E-state index in [1.54, 1.807) is 19.2 Å². The zero-order chi connectivity index (χ0) is 20.5. The summed E-state index contributed by atoms with van der Waals surface area (Å²) in [7, 11) is 3.22. The summed E-state index contributed by atoms with van der Waals surface area (Å²) in [6.07, 6.45) is 1.67. The topological polar surface area (TPSA) is 93.9 Å². The Labute approximate surface area is 163 Å². The van der Waals surface area contributed by atoms with Gasteiger partial charge in [0.25, 0.3) is 5.69 Å². The van der Waals surface area contributed by atoms with Crippen molar-refractivity contribution in [2.45, 2.75) is 6.54 Å². The van der Waals surface area contributed by atoms with E-state index in [2.05, 4.69) is 11.9 Å². The second kappa shape index (κ2) is 10.1. The number of ether oxygens (including phenoxy) is 2. The van der Waals surface area contributed by atoms with Gasteiger partial charge >= 0.3 is 0 Å². The third kappa shape index (κ3) is 6.10. The summed E-state index contributed by atoms with van der Waals surface area (Å²) in [6.45, 7) is 4.66. The molecule has 0 bridgehead atoms. The number of nitro groups is 1. The fourth-order valence-corrected chi connectivity index (χ4v) is 2.54. The van der Waals surface area contributed by atoms with Gasteiger partial charge in [-0.1, -0.05) is 24.8 Å². The van der Waals surface area contributed by atoms with Crippen molar-refractivity contribution in [1.82, 2.24) is 4.90 Å². The average Bonchev–Trinajstić information content (AvgIpc) is 2.67. The lowest BCUT2D eigenvalue weighted by Gasteiger charge is -2.17. The Balaban J connectivity index is 1.94. The minimum Gasteiger partial charge on any atom is -0.496 e. The Hall–Kier alpha value is -3.39. The maximum atomic E-state index is 12.3. The van der Waals surface area contributed by atoms with E-state index in [0.29, 0.717) is 18.9 Å². The number of amides is 1. The summed E-state index contributed by atoms with van der Waals surface area (Å²) in [4.78, 5) is 24.7. The molecule has 148 valence electrons. The molecule has 2 rings (SSSR count). The number of hydrogen-bond acceptors (Lipinski definition) is 6. The van der Waals surface area contributed by atoms with E-state index < -0.39 is 4.92 Å². The van der Waals surface area contributed by atoms with Crippen LogP contribution in [0.5, 0.6) is 11.5 Å². The van der Waals surface area contributed by atoms with Gasteiger partial charge in [-0.3, -0.25) is 19.8 Å². The summed E-state index contributed by atoms with van der Waals surface area (Å²) in [5.41, 5.74) is 0.926. The highest BCUT2D eigenvalue weighted by molar-refractivity contribution is 5.94. The Bertz CT molecular complexity index is 836. The predicted octanol–water partition coefficient (Wildman–Crippen LogP) is 3.24. The molecule has 0 atom stereocenters. The van der Waals surface area contributed by atoms with Crippen LogP contribution in [-0.4, -0.2) is 43.0 Å². The molecule has 0 aromatic heterocycles. The van der Waals surface area contributed by atoms with Crippen LogP contribution in [0.15, 0.2) is 55.1 Å². The summed E-state index contributed by atoms with van der Waals surface area (Å²) in [5, 5.41) is 13.8. The molecule has 2 aromatic rings. The van der Waals surface area contributed by atoms with Crippen molar-refractivity contribution in [3.8, 4) is 11.5 Å². The molecule has 2 aromatic carbocycles. The van der Waals surface area contributed by atoms with Crippen LogP contribution in [0.3, 0.4) is 0 Å². The monoisotopic (exact) mass is 385 g/mol. The molecule has 8 heteroatoms. The SMILES string of the molecule is C=CCOc1ccc(CN(C)CC(=O)Nc2ccc(OC)cc2[N+](=O)[O-])cc1. The fraction of sp³-hybridized carbons (Fsp3) is 0.250. The van der Waals surface area contributed by atoms with E-state index in [1.165, 1.54) is 19.2 Å². The lowest BCUT2D eigenvalue weighted by molar-refractivity contribution is -0.384. The highest BCUT2D eigenvalue weighted by Crippen LogP contribution is 2.28. The van der Waals surface area contributed by atoms with Crippen LogP contribution in [0.2, 0.25) is 0 Å². The van der Waals surface area contributed by atoms with Gasteiger partial charge in [0.2, 0.25) is 5.91 Å². The predicted molar refractivity (Wildman–Crippen MR) is 107 cm³/mol. The summed E-state index contributed by atoms with van der Waals surface area (Å²) in [5.74, 6) is 0.750. The van der Waals surface area contributed by atoms with E-state index in [9.17, 15) is 14.9 Å². The van der Waals surface area contributed by atoms with Crippen molar-refractivity contribution in [2.24, 2.45) is 0 Å². The smallest absolute Gasteiger partial charge is 0.296 e. The first kappa shape index (κ1) is 20.9. The third-order valence-electron chi connectivity index (χ3n) is 3.83. The number of carbonyl (C=O) groups is 1. The maximum absolute atomic E-state index is 12.3. The zero-order valence-electron chi connectivity index (χ0n) is 15.9. The minimum absolute atomic E-state index is 0.0812. The van der Waals surface area contributed by atoms with Crippen LogP contribution >= 0.6 is 0 Å². The Morgan fingerprint density at radius 1 is 1.25 bits per heavy atom. The Morgan fingerprint density at radius 2 is 1.93 bits per heavy atom. The second-order valence-corrected chi connectivity index (χ2v) is 6.10. The van der Waals surface area contributed by atoms with Gasteiger partial charge in [0, 0.05) is 6.54 Å². The third-order valence-corrected chi connectivity index (χ3v) is 3.83. The van der Waals surface area contributed by atoms with Crippen molar-refractivity contribution in [2.75, 3.05) is 32.6 Å².